The monoisotopic (exact) mass is 350 g/mol. The number of nitrogens with one attached hydrogen (secondary N) is 1. The molecule has 0 fully saturated rings. The number of hydrogen-bond donors (Lipinski definition) is 2. The Morgan fingerprint density at radius 2 is 1.95 bits per heavy atom. The van der Waals surface area contributed by atoms with Crippen molar-refractivity contribution in [3.8, 4) is 0 Å². The van der Waals surface area contributed by atoms with E-state index in [0.29, 0.717) is 15.6 Å². The van der Waals surface area contributed by atoms with Crippen molar-refractivity contribution in [1.29, 1.82) is 0 Å². The summed E-state index contributed by atoms with van der Waals surface area (Å²) >= 11 is 12.7. The van der Waals surface area contributed by atoms with Crippen LogP contribution in [0.4, 0.5) is 5.69 Å². The van der Waals surface area contributed by atoms with Crippen molar-refractivity contribution in [2.24, 2.45) is 5.73 Å². The number of para-hydroxylation sites is 1. The molecule has 8 heteroatoms. The predicted molar refractivity (Wildman–Crippen MR) is 84.2 cm³/mol. The van der Waals surface area contributed by atoms with E-state index in [1.165, 1.54) is 6.07 Å². The molecule has 0 saturated carbocycles. The Morgan fingerprint density at radius 3 is 2.50 bits per heavy atom. The molecule has 1 atom stereocenters. The highest BCUT2D eigenvalue weighted by molar-refractivity contribution is 7.93. The van der Waals surface area contributed by atoms with E-state index in [0.717, 1.165) is 11.3 Å². The molecule has 1 heterocycles. The summed E-state index contributed by atoms with van der Waals surface area (Å²) in [5.41, 5.74) is 6.96. The van der Waals surface area contributed by atoms with Gasteiger partial charge < -0.3 is 5.73 Å². The molecule has 1 unspecified atom stereocenters. The average Bonchev–Trinajstić information content (AvgIpc) is 2.69. The minimum atomic E-state index is -3.79. The summed E-state index contributed by atoms with van der Waals surface area (Å²) < 4.78 is 27.6. The zero-order valence-corrected chi connectivity index (χ0v) is 13.6. The molecule has 2 rings (SSSR count). The maximum absolute atomic E-state index is 12.3. The van der Waals surface area contributed by atoms with Gasteiger partial charge in [-0.25, -0.2) is 8.42 Å². The minimum Gasteiger partial charge on any atom is -0.324 e. The summed E-state index contributed by atoms with van der Waals surface area (Å²) in [4.78, 5) is -0.0337. The van der Waals surface area contributed by atoms with E-state index in [1.807, 2.05) is 0 Å². The van der Waals surface area contributed by atoms with Crippen LogP contribution in [-0.2, 0) is 10.0 Å². The summed E-state index contributed by atoms with van der Waals surface area (Å²) in [6.45, 7) is 1.78. The second-order valence-corrected chi connectivity index (χ2v) is 8.11. The number of halogens is 2. The van der Waals surface area contributed by atoms with Crippen LogP contribution in [0.3, 0.4) is 0 Å². The number of hydrogen-bond acceptors (Lipinski definition) is 4. The first-order chi connectivity index (χ1) is 9.31. The molecule has 3 N–H and O–H groups in total. The third-order valence-electron chi connectivity index (χ3n) is 2.61. The molecular weight excluding hydrogens is 339 g/mol. The zero-order chi connectivity index (χ0) is 14.9. The zero-order valence-electron chi connectivity index (χ0n) is 10.4. The summed E-state index contributed by atoms with van der Waals surface area (Å²) in [6, 6.07) is 7.97. The standard InChI is InChI=1S/C12H12Cl2N2O2S2/c1-7(15)8-4-2-3-5-9(8)16-20(17,18)10-6-11(13)19-12(10)14/h2-7,16H,15H2,1H3. The van der Waals surface area contributed by atoms with Crippen molar-refractivity contribution in [2.45, 2.75) is 17.9 Å². The van der Waals surface area contributed by atoms with Crippen LogP contribution < -0.4 is 10.5 Å². The van der Waals surface area contributed by atoms with Gasteiger partial charge in [-0.2, -0.15) is 0 Å². The Kier molecular flexibility index (Phi) is 4.61. The summed E-state index contributed by atoms with van der Waals surface area (Å²) in [5, 5.41) is 0. The second kappa shape index (κ2) is 5.91. The van der Waals surface area contributed by atoms with Gasteiger partial charge in [0, 0.05) is 6.04 Å². The van der Waals surface area contributed by atoms with Gasteiger partial charge in [0.25, 0.3) is 10.0 Å². The topological polar surface area (TPSA) is 72.2 Å². The van der Waals surface area contributed by atoms with Gasteiger partial charge in [-0.3, -0.25) is 4.72 Å². The molecule has 1 aromatic heterocycles. The first kappa shape index (κ1) is 15.6. The van der Waals surface area contributed by atoms with Gasteiger partial charge in [0.05, 0.1) is 10.0 Å². The molecule has 0 spiro atoms. The molecule has 0 aliphatic rings. The maximum Gasteiger partial charge on any atom is 0.264 e. The Labute approximate surface area is 131 Å². The first-order valence-corrected chi connectivity index (χ1v) is 8.69. The van der Waals surface area contributed by atoms with E-state index in [2.05, 4.69) is 4.72 Å². The van der Waals surface area contributed by atoms with Crippen molar-refractivity contribution >= 4 is 50.2 Å². The molecule has 20 heavy (non-hydrogen) atoms. The second-order valence-electron chi connectivity index (χ2n) is 4.17. The van der Waals surface area contributed by atoms with Gasteiger partial charge in [-0.1, -0.05) is 41.4 Å². The molecule has 0 radical (unpaired) electrons. The Balaban J connectivity index is 2.41. The summed E-state index contributed by atoms with van der Waals surface area (Å²) in [5.74, 6) is 0. The van der Waals surface area contributed by atoms with Gasteiger partial charge in [-0.05, 0) is 24.6 Å². The molecule has 1 aromatic carbocycles. The van der Waals surface area contributed by atoms with E-state index in [-0.39, 0.29) is 15.3 Å². The highest BCUT2D eigenvalue weighted by Crippen LogP contribution is 2.35. The smallest absolute Gasteiger partial charge is 0.264 e. The predicted octanol–water partition coefficient (Wildman–Crippen LogP) is 3.88. The van der Waals surface area contributed by atoms with Gasteiger partial charge in [0.15, 0.2) is 0 Å². The van der Waals surface area contributed by atoms with Crippen LogP contribution in [0.2, 0.25) is 8.67 Å². The van der Waals surface area contributed by atoms with Crippen molar-refractivity contribution in [1.82, 2.24) is 0 Å². The lowest BCUT2D eigenvalue weighted by Crippen LogP contribution is -2.16. The average molecular weight is 351 g/mol. The lowest BCUT2D eigenvalue weighted by atomic mass is 10.1. The van der Waals surface area contributed by atoms with E-state index in [9.17, 15) is 8.42 Å². The molecule has 2 aromatic rings. The fourth-order valence-electron chi connectivity index (χ4n) is 1.70. The molecule has 0 aliphatic carbocycles. The fourth-order valence-corrected chi connectivity index (χ4v) is 4.93. The molecule has 4 nitrogen and oxygen atoms in total. The summed E-state index contributed by atoms with van der Waals surface area (Å²) in [7, 11) is -3.79. The normalized spacial score (nSPS) is 13.2. The number of thiophene rings is 1. The molecular formula is C12H12Cl2N2O2S2. The van der Waals surface area contributed by atoms with Crippen LogP contribution in [0, 0.1) is 0 Å². The van der Waals surface area contributed by atoms with E-state index < -0.39 is 10.0 Å². The van der Waals surface area contributed by atoms with Gasteiger partial charge in [-0.15, -0.1) is 11.3 Å². The van der Waals surface area contributed by atoms with Crippen molar-refractivity contribution in [2.75, 3.05) is 4.72 Å². The molecule has 0 bridgehead atoms. The Hall–Kier alpha value is -0.790. The van der Waals surface area contributed by atoms with Crippen molar-refractivity contribution in [3.05, 3.63) is 44.6 Å². The van der Waals surface area contributed by atoms with E-state index in [4.69, 9.17) is 28.9 Å². The Morgan fingerprint density at radius 1 is 1.30 bits per heavy atom. The highest BCUT2D eigenvalue weighted by atomic mass is 35.5. The van der Waals surface area contributed by atoms with Crippen LogP contribution in [0.5, 0.6) is 0 Å². The lowest BCUT2D eigenvalue weighted by molar-refractivity contribution is 0.601. The number of benzene rings is 1. The lowest BCUT2D eigenvalue weighted by Gasteiger charge is -2.14. The van der Waals surface area contributed by atoms with Gasteiger partial charge >= 0.3 is 0 Å². The Bertz CT molecular complexity index is 727. The van der Waals surface area contributed by atoms with E-state index in [1.54, 1.807) is 31.2 Å². The molecule has 0 aliphatic heterocycles. The third-order valence-corrected chi connectivity index (χ3v) is 5.73. The molecule has 0 saturated heterocycles. The first-order valence-electron chi connectivity index (χ1n) is 5.63. The number of rotatable bonds is 4. The van der Waals surface area contributed by atoms with Crippen LogP contribution in [0.25, 0.3) is 0 Å². The number of anilines is 1. The number of nitrogens with two attached hydrogens (primary N) is 1. The van der Waals surface area contributed by atoms with Crippen LogP contribution in [0.1, 0.15) is 18.5 Å². The van der Waals surface area contributed by atoms with E-state index >= 15 is 0 Å². The minimum absolute atomic E-state index is 0.0337. The third kappa shape index (κ3) is 3.27. The summed E-state index contributed by atoms with van der Waals surface area (Å²) in [6.07, 6.45) is 0. The largest absolute Gasteiger partial charge is 0.324 e. The SMILES string of the molecule is CC(N)c1ccccc1NS(=O)(=O)c1cc(Cl)sc1Cl. The highest BCUT2D eigenvalue weighted by Gasteiger charge is 2.22. The van der Waals surface area contributed by atoms with Crippen LogP contribution in [0.15, 0.2) is 35.2 Å². The van der Waals surface area contributed by atoms with Crippen LogP contribution >= 0.6 is 34.5 Å². The van der Waals surface area contributed by atoms with Crippen LogP contribution in [-0.4, -0.2) is 8.42 Å². The van der Waals surface area contributed by atoms with Crippen molar-refractivity contribution < 1.29 is 8.42 Å². The molecule has 0 amide bonds. The van der Waals surface area contributed by atoms with Crippen molar-refractivity contribution in [3.63, 3.8) is 0 Å². The van der Waals surface area contributed by atoms with Gasteiger partial charge in [0.1, 0.15) is 9.23 Å². The molecule has 108 valence electrons. The van der Waals surface area contributed by atoms with Gasteiger partial charge in [0.2, 0.25) is 0 Å². The number of sulfonamides is 1. The fraction of sp³-hybridized carbons (Fsp3) is 0.167. The quantitative estimate of drug-likeness (QED) is 0.878. The maximum atomic E-state index is 12.3.